The second kappa shape index (κ2) is 36.6. The molecule has 0 aromatic heterocycles. The zero-order valence-electron chi connectivity index (χ0n) is 32.6. The van der Waals surface area contributed by atoms with Crippen LogP contribution in [0.3, 0.4) is 0 Å². The van der Waals surface area contributed by atoms with Gasteiger partial charge in [-0.25, -0.2) is 4.79 Å². The molecule has 0 rings (SSSR count). The summed E-state index contributed by atoms with van der Waals surface area (Å²) in [6.07, 6.45) is 33.2. The maximum Gasteiger partial charge on any atom is 0.328 e. The van der Waals surface area contributed by atoms with E-state index in [1.54, 1.807) is 0 Å². The number of carbonyl (C=O) groups is 4. The van der Waals surface area contributed by atoms with Gasteiger partial charge in [-0.05, 0) is 38.5 Å². The second-order valence-electron chi connectivity index (χ2n) is 14.5. The van der Waals surface area contributed by atoms with Crippen molar-refractivity contribution < 1.29 is 29.0 Å². The van der Waals surface area contributed by atoms with Crippen molar-refractivity contribution in [3.05, 3.63) is 0 Å². The van der Waals surface area contributed by atoms with Crippen molar-refractivity contribution in [1.29, 1.82) is 0 Å². The number of rotatable bonds is 38. The summed E-state index contributed by atoms with van der Waals surface area (Å²) < 4.78 is 5.53. The molecule has 0 fully saturated rings. The van der Waals surface area contributed by atoms with Crippen LogP contribution in [0.25, 0.3) is 0 Å². The van der Waals surface area contributed by atoms with Crippen molar-refractivity contribution in [2.75, 3.05) is 13.2 Å². The smallest absolute Gasteiger partial charge is 0.328 e. The molecule has 5 N–H and O–H groups in total. The molecule has 2 atom stereocenters. The molecule has 0 radical (unpaired) electrons. The summed E-state index contributed by atoms with van der Waals surface area (Å²) in [5.41, 5.74) is 5.88. The van der Waals surface area contributed by atoms with Crippen LogP contribution < -0.4 is 16.4 Å². The number of amides is 2. The summed E-state index contributed by atoms with van der Waals surface area (Å²) in [6.45, 7) is 5.33. The number of hydrogen-bond donors (Lipinski definition) is 4. The average Bonchev–Trinajstić information content (AvgIpc) is 3.10. The number of carboxylic acids is 1. The molecule has 0 bridgehead atoms. The molecule has 0 spiro atoms. The summed E-state index contributed by atoms with van der Waals surface area (Å²) in [7, 11) is 0. The summed E-state index contributed by atoms with van der Waals surface area (Å²) in [5.74, 6) is -2.00. The molecule has 0 saturated carbocycles. The fraction of sp³-hybridized carbons (Fsp3) is 0.902. The number of hydrogen-bond acceptors (Lipinski definition) is 6. The standard InChI is InChI=1S/C41H79N3O6/c1-3-5-7-9-11-13-15-16-17-19-21-23-25-29-35-50-41(49)37(44-40(48)36(42)32-33-39(46)47)30-27-28-34-43-38(45)31-26-24-22-20-18-14-12-10-8-6-4-2/h36-37H,3-35,42H2,1-2H3,(H,43,45)(H,44,48)(H,46,47). The van der Waals surface area contributed by atoms with Gasteiger partial charge in [-0.3, -0.25) is 14.4 Å². The normalized spacial score (nSPS) is 12.4. The van der Waals surface area contributed by atoms with E-state index >= 15 is 0 Å². The van der Waals surface area contributed by atoms with E-state index in [0.29, 0.717) is 38.8 Å². The predicted octanol–water partition coefficient (Wildman–Crippen LogP) is 9.68. The molecule has 294 valence electrons. The van der Waals surface area contributed by atoms with Crippen LogP contribution in [-0.4, -0.2) is 54.1 Å². The Morgan fingerprint density at radius 2 is 1.00 bits per heavy atom. The lowest BCUT2D eigenvalue weighted by molar-refractivity contribution is -0.148. The molecular formula is C41H79N3O6. The summed E-state index contributed by atoms with van der Waals surface area (Å²) in [4.78, 5) is 48.7. The average molecular weight is 710 g/mol. The van der Waals surface area contributed by atoms with Crippen molar-refractivity contribution >= 4 is 23.8 Å². The van der Waals surface area contributed by atoms with E-state index in [1.807, 2.05) is 0 Å². The molecular weight excluding hydrogens is 630 g/mol. The Kier molecular flexibility index (Phi) is 35.0. The van der Waals surface area contributed by atoms with Crippen LogP contribution in [0.1, 0.15) is 213 Å². The molecule has 0 aliphatic heterocycles. The highest BCUT2D eigenvalue weighted by Crippen LogP contribution is 2.14. The van der Waals surface area contributed by atoms with E-state index in [-0.39, 0.29) is 18.7 Å². The number of aliphatic carboxylic acids is 1. The van der Waals surface area contributed by atoms with Gasteiger partial charge in [0.25, 0.3) is 0 Å². The van der Waals surface area contributed by atoms with Gasteiger partial charge in [-0.15, -0.1) is 0 Å². The van der Waals surface area contributed by atoms with Crippen LogP contribution in [0.2, 0.25) is 0 Å². The van der Waals surface area contributed by atoms with Crippen molar-refractivity contribution in [2.45, 2.75) is 225 Å². The highest BCUT2D eigenvalue weighted by atomic mass is 16.5. The molecule has 0 aliphatic carbocycles. The van der Waals surface area contributed by atoms with Crippen LogP contribution in [0.5, 0.6) is 0 Å². The van der Waals surface area contributed by atoms with Crippen LogP contribution in [-0.2, 0) is 23.9 Å². The third kappa shape index (κ3) is 33.0. The van der Waals surface area contributed by atoms with E-state index in [0.717, 1.165) is 32.1 Å². The van der Waals surface area contributed by atoms with Gasteiger partial charge in [-0.1, -0.05) is 162 Å². The maximum absolute atomic E-state index is 12.9. The zero-order valence-corrected chi connectivity index (χ0v) is 32.6. The van der Waals surface area contributed by atoms with Crippen molar-refractivity contribution in [2.24, 2.45) is 5.73 Å². The highest BCUT2D eigenvalue weighted by Gasteiger charge is 2.25. The van der Waals surface area contributed by atoms with E-state index in [9.17, 15) is 19.2 Å². The first-order valence-corrected chi connectivity index (χ1v) is 21.0. The quantitative estimate of drug-likeness (QED) is 0.0369. The highest BCUT2D eigenvalue weighted by molar-refractivity contribution is 5.87. The molecule has 0 saturated heterocycles. The number of carbonyl (C=O) groups excluding carboxylic acids is 3. The van der Waals surface area contributed by atoms with Crippen LogP contribution in [0.4, 0.5) is 0 Å². The van der Waals surface area contributed by atoms with Gasteiger partial charge in [0.2, 0.25) is 11.8 Å². The first-order chi connectivity index (χ1) is 24.3. The Labute approximate surface area is 306 Å². The lowest BCUT2D eigenvalue weighted by Crippen LogP contribution is -2.49. The first-order valence-electron chi connectivity index (χ1n) is 21.0. The molecule has 50 heavy (non-hydrogen) atoms. The largest absolute Gasteiger partial charge is 0.481 e. The van der Waals surface area contributed by atoms with Gasteiger partial charge in [0, 0.05) is 19.4 Å². The maximum atomic E-state index is 12.9. The fourth-order valence-corrected chi connectivity index (χ4v) is 6.25. The predicted molar refractivity (Wildman–Crippen MR) is 206 cm³/mol. The third-order valence-corrected chi connectivity index (χ3v) is 9.60. The molecule has 0 heterocycles. The second-order valence-corrected chi connectivity index (χ2v) is 14.5. The fourth-order valence-electron chi connectivity index (χ4n) is 6.25. The first kappa shape index (κ1) is 47.8. The van der Waals surface area contributed by atoms with E-state index in [1.165, 1.54) is 128 Å². The summed E-state index contributed by atoms with van der Waals surface area (Å²) >= 11 is 0. The minimum Gasteiger partial charge on any atom is -0.481 e. The molecule has 0 aromatic carbocycles. The van der Waals surface area contributed by atoms with E-state index in [2.05, 4.69) is 24.5 Å². The molecule has 2 unspecified atom stereocenters. The monoisotopic (exact) mass is 710 g/mol. The van der Waals surface area contributed by atoms with Gasteiger partial charge in [-0.2, -0.15) is 0 Å². The summed E-state index contributed by atoms with van der Waals surface area (Å²) in [5, 5.41) is 14.6. The number of ether oxygens (including phenoxy) is 1. The third-order valence-electron chi connectivity index (χ3n) is 9.60. The van der Waals surface area contributed by atoms with Crippen LogP contribution in [0.15, 0.2) is 0 Å². The Balaban J connectivity index is 4.21. The van der Waals surface area contributed by atoms with Gasteiger partial charge in [0.05, 0.1) is 12.6 Å². The lowest BCUT2D eigenvalue weighted by Gasteiger charge is -2.20. The van der Waals surface area contributed by atoms with Crippen molar-refractivity contribution in [3.63, 3.8) is 0 Å². The molecule has 9 nitrogen and oxygen atoms in total. The van der Waals surface area contributed by atoms with Gasteiger partial charge >= 0.3 is 11.9 Å². The van der Waals surface area contributed by atoms with E-state index in [4.69, 9.17) is 15.6 Å². The number of carboxylic acid groups (broad SMARTS) is 1. The van der Waals surface area contributed by atoms with Crippen molar-refractivity contribution in [1.82, 2.24) is 10.6 Å². The molecule has 0 aliphatic rings. The lowest BCUT2D eigenvalue weighted by atomic mass is 10.0. The number of nitrogens with one attached hydrogen (secondary N) is 2. The molecule has 0 aromatic rings. The van der Waals surface area contributed by atoms with Crippen LogP contribution in [0, 0.1) is 0 Å². The Morgan fingerprint density at radius 3 is 1.46 bits per heavy atom. The Hall–Kier alpha value is -2.16. The molecule has 2 amide bonds. The number of unbranched alkanes of at least 4 members (excludes halogenated alkanes) is 24. The number of esters is 1. The van der Waals surface area contributed by atoms with Gasteiger partial charge in [0.1, 0.15) is 6.04 Å². The van der Waals surface area contributed by atoms with Gasteiger partial charge in [0.15, 0.2) is 0 Å². The minimum atomic E-state index is -1.03. The summed E-state index contributed by atoms with van der Waals surface area (Å²) in [6, 6.07) is -1.86. The zero-order chi connectivity index (χ0) is 36.9. The van der Waals surface area contributed by atoms with Crippen LogP contribution >= 0.6 is 0 Å². The Morgan fingerprint density at radius 1 is 0.560 bits per heavy atom. The minimum absolute atomic E-state index is 0.00681. The molecule has 9 heteroatoms. The van der Waals surface area contributed by atoms with Crippen molar-refractivity contribution in [3.8, 4) is 0 Å². The number of nitrogens with two attached hydrogens (primary N) is 1. The Bertz CT molecular complexity index is 824. The van der Waals surface area contributed by atoms with Gasteiger partial charge < -0.3 is 26.2 Å². The topological polar surface area (TPSA) is 148 Å². The SMILES string of the molecule is CCCCCCCCCCCCCCCCOC(=O)C(CCCCNC(=O)CCCCCCCCCCCCC)NC(=O)C(N)CCC(=O)O. The van der Waals surface area contributed by atoms with E-state index < -0.39 is 29.9 Å².